The van der Waals surface area contributed by atoms with E-state index in [-0.39, 0.29) is 17.7 Å². The van der Waals surface area contributed by atoms with Crippen LogP contribution in [0.4, 0.5) is 21.6 Å². The summed E-state index contributed by atoms with van der Waals surface area (Å²) in [5, 5.41) is 10.8. The van der Waals surface area contributed by atoms with Crippen molar-refractivity contribution in [1.82, 2.24) is 19.6 Å². The zero-order valence-corrected chi connectivity index (χ0v) is 20.9. The van der Waals surface area contributed by atoms with Crippen LogP contribution in [0.3, 0.4) is 0 Å². The quantitative estimate of drug-likeness (QED) is 0.376. The third-order valence-corrected chi connectivity index (χ3v) is 6.64. The van der Waals surface area contributed by atoms with Gasteiger partial charge in [-0.15, -0.1) is 10.2 Å². The maximum Gasteiger partial charge on any atom is 0.293 e. The van der Waals surface area contributed by atoms with Gasteiger partial charge < -0.3 is 15.0 Å². The first-order chi connectivity index (χ1) is 17.7. The largest absolute Gasteiger partial charge is 0.497 e. The minimum Gasteiger partial charge on any atom is -0.497 e. The van der Waals surface area contributed by atoms with E-state index in [0.29, 0.717) is 40.7 Å². The van der Waals surface area contributed by atoms with Crippen LogP contribution in [0.5, 0.6) is 5.75 Å². The van der Waals surface area contributed by atoms with Crippen molar-refractivity contribution in [3.05, 3.63) is 72.1 Å². The molecule has 0 unspecified atom stereocenters. The van der Waals surface area contributed by atoms with E-state index in [1.807, 2.05) is 4.90 Å². The number of methoxy groups -OCH3 is 1. The monoisotopic (exact) mass is 525 g/mol. The third kappa shape index (κ3) is 5.16. The van der Waals surface area contributed by atoms with Crippen LogP contribution in [0, 0.1) is 5.82 Å². The number of halogens is 1. The molecule has 13 heteroatoms. The number of carbonyl (C=O) groups is 1. The fourth-order valence-electron chi connectivity index (χ4n) is 4.39. The number of fused-ring (bicyclic) bond motifs is 1. The van der Waals surface area contributed by atoms with Gasteiger partial charge >= 0.3 is 0 Å². The molecular weight excluding hydrogens is 501 g/mol. The van der Waals surface area contributed by atoms with Gasteiger partial charge in [0, 0.05) is 23.5 Å². The van der Waals surface area contributed by atoms with E-state index in [1.165, 1.54) is 28.8 Å². The minimum absolute atomic E-state index is 0.0419. The number of hydrogen-bond acceptors (Lipinski definition) is 8. The van der Waals surface area contributed by atoms with Crippen LogP contribution in [-0.4, -0.2) is 53.8 Å². The Hall–Kier alpha value is -4.26. The molecule has 1 aliphatic heterocycles. The van der Waals surface area contributed by atoms with Crippen LogP contribution in [0.25, 0.3) is 5.65 Å². The van der Waals surface area contributed by atoms with Gasteiger partial charge in [-0.3, -0.25) is 13.9 Å². The maximum absolute atomic E-state index is 14.7. The van der Waals surface area contributed by atoms with Gasteiger partial charge in [0.25, 0.3) is 5.91 Å². The molecule has 2 aromatic heterocycles. The van der Waals surface area contributed by atoms with E-state index in [9.17, 15) is 17.6 Å². The summed E-state index contributed by atoms with van der Waals surface area (Å²) < 4.78 is 46.7. The van der Waals surface area contributed by atoms with Crippen LogP contribution < -0.4 is 19.7 Å². The van der Waals surface area contributed by atoms with E-state index in [4.69, 9.17) is 4.74 Å². The van der Waals surface area contributed by atoms with Crippen LogP contribution in [0.1, 0.15) is 35.1 Å². The fourth-order valence-corrected chi connectivity index (χ4v) is 4.95. The molecule has 2 aromatic carbocycles. The second-order valence-electron chi connectivity index (χ2n) is 8.64. The lowest BCUT2D eigenvalue weighted by Gasteiger charge is -2.26. The smallest absolute Gasteiger partial charge is 0.293 e. The first-order valence-corrected chi connectivity index (χ1v) is 13.3. The number of aromatic nitrogens is 4. The number of nitrogens with one attached hydrogen (secondary N) is 2. The molecule has 0 radical (unpaired) electrons. The molecule has 192 valence electrons. The average molecular weight is 526 g/mol. The molecule has 1 aliphatic rings. The zero-order chi connectivity index (χ0) is 26.2. The Labute approximate surface area is 212 Å². The Balaban J connectivity index is 1.40. The molecule has 0 saturated carbocycles. The Morgan fingerprint density at radius 3 is 2.62 bits per heavy atom. The number of hydrogen-bond donors (Lipinski definition) is 2. The first kappa shape index (κ1) is 24.4. The van der Waals surface area contributed by atoms with Crippen molar-refractivity contribution in [2.45, 2.75) is 18.9 Å². The fraction of sp³-hybridized carbons (Fsp3) is 0.250. The first-order valence-electron chi connectivity index (χ1n) is 11.4. The molecule has 3 heterocycles. The van der Waals surface area contributed by atoms with Crippen LogP contribution in [0.15, 0.2) is 54.9 Å². The van der Waals surface area contributed by atoms with Crippen molar-refractivity contribution in [2.24, 2.45) is 0 Å². The Morgan fingerprint density at radius 1 is 1.14 bits per heavy atom. The van der Waals surface area contributed by atoms with Gasteiger partial charge in [0.15, 0.2) is 5.65 Å². The Morgan fingerprint density at radius 2 is 1.89 bits per heavy atom. The molecule has 0 spiro atoms. The van der Waals surface area contributed by atoms with Gasteiger partial charge in [-0.1, -0.05) is 0 Å². The molecule has 0 bridgehead atoms. The van der Waals surface area contributed by atoms with Crippen LogP contribution in [-0.2, 0) is 10.0 Å². The van der Waals surface area contributed by atoms with E-state index >= 15 is 0 Å². The summed E-state index contributed by atoms with van der Waals surface area (Å²) in [4.78, 5) is 19.5. The molecule has 1 atom stereocenters. The Kier molecular flexibility index (Phi) is 6.38. The van der Waals surface area contributed by atoms with E-state index in [2.05, 4.69) is 25.2 Å². The molecule has 4 aromatic rings. The van der Waals surface area contributed by atoms with Crippen LogP contribution >= 0.6 is 0 Å². The Bertz CT molecular complexity index is 1570. The van der Waals surface area contributed by atoms with Crippen molar-refractivity contribution in [3.8, 4) is 5.75 Å². The number of benzene rings is 2. The summed E-state index contributed by atoms with van der Waals surface area (Å²) in [6, 6.07) is 10.6. The molecule has 1 fully saturated rings. The highest BCUT2D eigenvalue weighted by atomic mass is 32.2. The topological polar surface area (TPSA) is 131 Å². The summed E-state index contributed by atoms with van der Waals surface area (Å²) in [7, 11) is -1.87. The highest BCUT2D eigenvalue weighted by Crippen LogP contribution is 2.37. The number of rotatable bonds is 7. The minimum atomic E-state index is -3.41. The number of carbonyl (C=O) groups excluding carboxylic acids is 1. The molecule has 37 heavy (non-hydrogen) atoms. The van der Waals surface area contributed by atoms with Crippen molar-refractivity contribution in [1.29, 1.82) is 0 Å². The van der Waals surface area contributed by atoms with E-state index < -0.39 is 15.9 Å². The molecule has 2 N–H and O–H groups in total. The van der Waals surface area contributed by atoms with Gasteiger partial charge in [-0.2, -0.15) is 0 Å². The number of ether oxygens (including phenoxy) is 1. The van der Waals surface area contributed by atoms with Crippen molar-refractivity contribution >= 4 is 38.8 Å². The number of nitrogens with zero attached hydrogens (tertiary/aromatic N) is 5. The van der Waals surface area contributed by atoms with E-state index in [1.54, 1.807) is 37.6 Å². The zero-order valence-electron chi connectivity index (χ0n) is 20.1. The lowest BCUT2D eigenvalue weighted by Crippen LogP contribution is -2.25. The van der Waals surface area contributed by atoms with Gasteiger partial charge in [0.2, 0.25) is 15.8 Å². The predicted molar refractivity (Wildman–Crippen MR) is 136 cm³/mol. The van der Waals surface area contributed by atoms with Gasteiger partial charge in [0.1, 0.15) is 17.4 Å². The molecule has 1 saturated heterocycles. The van der Waals surface area contributed by atoms with Crippen LogP contribution in [0.2, 0.25) is 0 Å². The standard InChI is InChI=1S/C24H24FN7O4S/c1-36-17-9-10-19(25)18(12-17)20-4-3-11-31(20)22-14-32-21(13-26-22)28-29-23(32)24(33)27-15-5-7-16(8-6-15)30-37(2,34)35/h5-10,12-14,20,30H,3-4,11H2,1-2H3,(H,27,33)/t20-/m1/s1. The summed E-state index contributed by atoms with van der Waals surface area (Å²) in [5.41, 5.74) is 1.72. The highest BCUT2D eigenvalue weighted by Gasteiger charge is 2.30. The van der Waals surface area contributed by atoms with Gasteiger partial charge in [0.05, 0.1) is 31.8 Å². The highest BCUT2D eigenvalue weighted by molar-refractivity contribution is 7.92. The lowest BCUT2D eigenvalue weighted by molar-refractivity contribution is 0.101. The predicted octanol–water partition coefficient (Wildman–Crippen LogP) is 3.24. The average Bonchev–Trinajstić information content (AvgIpc) is 3.51. The van der Waals surface area contributed by atoms with Crippen molar-refractivity contribution in [3.63, 3.8) is 0 Å². The summed E-state index contributed by atoms with van der Waals surface area (Å²) >= 11 is 0. The molecule has 0 aliphatic carbocycles. The second kappa shape index (κ2) is 9.65. The SMILES string of the molecule is COc1ccc(F)c([C@H]2CCCN2c2cn3c(C(=O)Nc4ccc(NS(C)(=O)=O)cc4)nnc3cn2)c1. The maximum atomic E-state index is 14.7. The summed E-state index contributed by atoms with van der Waals surface area (Å²) in [6.07, 6.45) is 5.83. The van der Waals surface area contributed by atoms with Gasteiger partial charge in [-0.05, 0) is 55.3 Å². The normalized spacial score (nSPS) is 15.6. The molecular formula is C24H24FN7O4S. The molecule has 1 amide bonds. The van der Waals surface area contributed by atoms with Crippen molar-refractivity contribution < 1.29 is 22.3 Å². The summed E-state index contributed by atoms with van der Waals surface area (Å²) in [6.45, 7) is 0.664. The number of anilines is 3. The second-order valence-corrected chi connectivity index (χ2v) is 10.4. The third-order valence-electron chi connectivity index (χ3n) is 6.04. The molecule has 5 rings (SSSR count). The number of amides is 1. The van der Waals surface area contributed by atoms with Crippen molar-refractivity contribution in [2.75, 3.05) is 34.8 Å². The van der Waals surface area contributed by atoms with E-state index in [0.717, 1.165) is 19.1 Å². The molecule has 11 nitrogen and oxygen atoms in total. The number of sulfonamides is 1. The summed E-state index contributed by atoms with van der Waals surface area (Å²) in [5.74, 6) is 0.346. The lowest BCUT2D eigenvalue weighted by atomic mass is 10.0. The van der Waals surface area contributed by atoms with Gasteiger partial charge in [-0.25, -0.2) is 17.8 Å².